The minimum atomic E-state index is -1.05. The number of benzene rings is 2. The number of hydrogen-bond acceptors (Lipinski definition) is 2. The zero-order chi connectivity index (χ0) is 14.8. The number of carbonyl (C=O) groups is 1. The van der Waals surface area contributed by atoms with Crippen LogP contribution >= 0.6 is 11.6 Å². The summed E-state index contributed by atoms with van der Waals surface area (Å²) in [7, 11) is 0. The lowest BCUT2D eigenvalue weighted by atomic mass is 10.1. The molecule has 0 bridgehead atoms. The summed E-state index contributed by atoms with van der Waals surface area (Å²) in [6.07, 6.45) is 1.71. The van der Waals surface area contributed by atoms with Gasteiger partial charge in [0.25, 0.3) is 0 Å². The Morgan fingerprint density at radius 1 is 1.05 bits per heavy atom. The fraction of sp³-hybridized carbons (Fsp3) is 0. The van der Waals surface area contributed by atoms with Crippen molar-refractivity contribution in [3.8, 4) is 16.8 Å². The minimum absolute atomic E-state index is 0.0242. The zero-order valence-electron chi connectivity index (χ0n) is 10.9. The van der Waals surface area contributed by atoms with E-state index >= 15 is 0 Å². The minimum Gasteiger partial charge on any atom is -0.476 e. The molecule has 0 atom stereocenters. The van der Waals surface area contributed by atoms with Crippen LogP contribution in [0, 0.1) is 0 Å². The van der Waals surface area contributed by atoms with Gasteiger partial charge in [-0.25, -0.2) is 9.48 Å². The Labute approximate surface area is 126 Å². The molecule has 1 N–H and O–H groups in total. The van der Waals surface area contributed by atoms with Crippen molar-refractivity contribution in [2.45, 2.75) is 0 Å². The zero-order valence-corrected chi connectivity index (χ0v) is 11.7. The molecule has 0 spiro atoms. The van der Waals surface area contributed by atoms with Crippen LogP contribution in [0.25, 0.3) is 16.8 Å². The molecule has 5 heteroatoms. The van der Waals surface area contributed by atoms with Gasteiger partial charge in [-0.05, 0) is 29.8 Å². The Bertz CT molecular complexity index is 780. The Balaban J connectivity index is 2.13. The molecule has 1 aromatic heterocycles. The van der Waals surface area contributed by atoms with E-state index in [1.54, 1.807) is 35.1 Å². The van der Waals surface area contributed by atoms with Crippen molar-refractivity contribution in [2.75, 3.05) is 0 Å². The van der Waals surface area contributed by atoms with Gasteiger partial charge in [0.15, 0.2) is 5.69 Å². The van der Waals surface area contributed by atoms with Crippen LogP contribution in [-0.2, 0) is 0 Å². The number of halogens is 1. The second-order valence-corrected chi connectivity index (χ2v) is 4.92. The molecule has 0 aliphatic carbocycles. The Hall–Kier alpha value is -2.59. The summed E-state index contributed by atoms with van der Waals surface area (Å²) >= 11 is 5.86. The molecule has 0 unspecified atom stereocenters. The lowest BCUT2D eigenvalue weighted by Crippen LogP contribution is -2.01. The highest BCUT2D eigenvalue weighted by molar-refractivity contribution is 6.30. The van der Waals surface area contributed by atoms with Crippen molar-refractivity contribution in [1.82, 2.24) is 9.78 Å². The predicted octanol–water partition coefficient (Wildman–Crippen LogP) is 3.89. The first-order valence-electron chi connectivity index (χ1n) is 6.29. The molecule has 0 aliphatic heterocycles. The standard InChI is InChI=1S/C16H11ClN2O2/c17-12-6-8-13(9-7-12)19-10-14(15(18-19)16(20)21)11-4-2-1-3-5-11/h1-10H,(H,20,21). The molecule has 0 radical (unpaired) electrons. The summed E-state index contributed by atoms with van der Waals surface area (Å²) in [5.41, 5.74) is 2.17. The summed E-state index contributed by atoms with van der Waals surface area (Å²) in [5.74, 6) is -1.05. The van der Waals surface area contributed by atoms with E-state index in [0.717, 1.165) is 11.3 Å². The van der Waals surface area contributed by atoms with E-state index in [-0.39, 0.29) is 5.69 Å². The second kappa shape index (κ2) is 5.42. The van der Waals surface area contributed by atoms with Crippen molar-refractivity contribution in [2.24, 2.45) is 0 Å². The van der Waals surface area contributed by atoms with Gasteiger partial charge in [0, 0.05) is 16.8 Å². The summed E-state index contributed by atoms with van der Waals surface area (Å²) in [6, 6.07) is 16.4. The largest absolute Gasteiger partial charge is 0.476 e. The highest BCUT2D eigenvalue weighted by Crippen LogP contribution is 2.24. The maximum atomic E-state index is 11.4. The molecule has 1 heterocycles. The van der Waals surface area contributed by atoms with Gasteiger partial charge in [-0.1, -0.05) is 41.9 Å². The van der Waals surface area contributed by atoms with Crippen molar-refractivity contribution < 1.29 is 9.90 Å². The normalized spacial score (nSPS) is 10.5. The number of nitrogens with zero attached hydrogens (tertiary/aromatic N) is 2. The van der Waals surface area contributed by atoms with Crippen LogP contribution in [0.3, 0.4) is 0 Å². The quantitative estimate of drug-likeness (QED) is 0.798. The molecule has 0 aliphatic rings. The SMILES string of the molecule is O=C(O)c1nn(-c2ccc(Cl)cc2)cc1-c1ccccc1. The highest BCUT2D eigenvalue weighted by atomic mass is 35.5. The number of rotatable bonds is 3. The summed E-state index contributed by atoms with van der Waals surface area (Å²) in [5, 5.41) is 14.1. The topological polar surface area (TPSA) is 55.1 Å². The predicted molar refractivity (Wildman–Crippen MR) is 81.0 cm³/mol. The average Bonchev–Trinajstić information content (AvgIpc) is 2.94. The Morgan fingerprint density at radius 2 is 1.71 bits per heavy atom. The monoisotopic (exact) mass is 298 g/mol. The van der Waals surface area contributed by atoms with E-state index in [0.29, 0.717) is 10.6 Å². The van der Waals surface area contributed by atoms with Crippen molar-refractivity contribution >= 4 is 17.6 Å². The van der Waals surface area contributed by atoms with Gasteiger partial charge in [-0.15, -0.1) is 0 Å². The van der Waals surface area contributed by atoms with E-state index in [2.05, 4.69) is 5.10 Å². The van der Waals surface area contributed by atoms with Gasteiger partial charge in [-0.3, -0.25) is 0 Å². The first kappa shape index (κ1) is 13.4. The molecule has 3 rings (SSSR count). The van der Waals surface area contributed by atoms with Crippen LogP contribution in [0.1, 0.15) is 10.5 Å². The average molecular weight is 299 g/mol. The molecule has 0 saturated carbocycles. The maximum absolute atomic E-state index is 11.4. The molecule has 4 nitrogen and oxygen atoms in total. The van der Waals surface area contributed by atoms with Crippen LogP contribution in [-0.4, -0.2) is 20.9 Å². The van der Waals surface area contributed by atoms with Gasteiger partial charge < -0.3 is 5.11 Å². The van der Waals surface area contributed by atoms with E-state index in [1.807, 2.05) is 30.3 Å². The van der Waals surface area contributed by atoms with Crippen molar-refractivity contribution in [1.29, 1.82) is 0 Å². The molecule has 21 heavy (non-hydrogen) atoms. The first-order chi connectivity index (χ1) is 10.1. The van der Waals surface area contributed by atoms with Crippen molar-refractivity contribution in [3.05, 3.63) is 71.5 Å². The molecule has 2 aromatic carbocycles. The molecular formula is C16H11ClN2O2. The van der Waals surface area contributed by atoms with Gasteiger partial charge in [0.2, 0.25) is 0 Å². The number of carboxylic acid groups (broad SMARTS) is 1. The third-order valence-corrected chi connectivity index (χ3v) is 3.34. The smallest absolute Gasteiger partial charge is 0.357 e. The van der Waals surface area contributed by atoms with Gasteiger partial charge in [0.05, 0.1) is 5.69 Å². The Morgan fingerprint density at radius 3 is 2.33 bits per heavy atom. The summed E-state index contributed by atoms with van der Waals surface area (Å²) in [6.45, 7) is 0. The molecule has 0 amide bonds. The van der Waals surface area contributed by atoms with Crippen LogP contribution in [0.5, 0.6) is 0 Å². The molecule has 0 saturated heterocycles. The fourth-order valence-electron chi connectivity index (χ4n) is 2.09. The highest BCUT2D eigenvalue weighted by Gasteiger charge is 2.17. The summed E-state index contributed by atoms with van der Waals surface area (Å²) in [4.78, 5) is 11.4. The molecule has 0 fully saturated rings. The number of aromatic nitrogens is 2. The number of aromatic carboxylic acids is 1. The third-order valence-electron chi connectivity index (χ3n) is 3.09. The van der Waals surface area contributed by atoms with Crippen LogP contribution in [0.15, 0.2) is 60.8 Å². The van der Waals surface area contributed by atoms with E-state index in [1.165, 1.54) is 0 Å². The van der Waals surface area contributed by atoms with Crippen LogP contribution in [0.4, 0.5) is 0 Å². The second-order valence-electron chi connectivity index (χ2n) is 4.48. The molecular weight excluding hydrogens is 288 g/mol. The lowest BCUT2D eigenvalue weighted by molar-refractivity contribution is 0.0691. The fourth-order valence-corrected chi connectivity index (χ4v) is 2.21. The third kappa shape index (κ3) is 2.66. The lowest BCUT2D eigenvalue weighted by Gasteiger charge is -2.00. The van der Waals surface area contributed by atoms with Gasteiger partial charge >= 0.3 is 5.97 Å². The Kier molecular flexibility index (Phi) is 3.46. The van der Waals surface area contributed by atoms with E-state index in [4.69, 9.17) is 11.6 Å². The van der Waals surface area contributed by atoms with Crippen molar-refractivity contribution in [3.63, 3.8) is 0 Å². The van der Waals surface area contributed by atoms with E-state index < -0.39 is 5.97 Å². The van der Waals surface area contributed by atoms with Crippen LogP contribution in [0.2, 0.25) is 5.02 Å². The number of hydrogen-bond donors (Lipinski definition) is 1. The molecule has 3 aromatic rings. The van der Waals surface area contributed by atoms with Gasteiger partial charge in [-0.2, -0.15) is 5.10 Å². The molecule has 104 valence electrons. The van der Waals surface area contributed by atoms with Gasteiger partial charge in [0.1, 0.15) is 0 Å². The maximum Gasteiger partial charge on any atom is 0.357 e. The van der Waals surface area contributed by atoms with E-state index in [9.17, 15) is 9.90 Å². The van der Waals surface area contributed by atoms with Crippen LogP contribution < -0.4 is 0 Å². The first-order valence-corrected chi connectivity index (χ1v) is 6.67. The number of carboxylic acids is 1. The summed E-state index contributed by atoms with van der Waals surface area (Å²) < 4.78 is 1.54.